The molecule has 2 nitrogen and oxygen atoms in total. The maximum absolute atomic E-state index is 9.05. The molecule has 0 heterocycles. The minimum absolute atomic E-state index is 0.627. The first-order chi connectivity index (χ1) is 7.26. The molecule has 2 rings (SSSR count). The van der Waals surface area contributed by atoms with Gasteiger partial charge in [0.15, 0.2) is 0 Å². The van der Waals surface area contributed by atoms with Crippen LogP contribution in [0, 0.1) is 11.3 Å². The van der Waals surface area contributed by atoms with Gasteiger partial charge in [-0.15, -0.1) is 0 Å². The smallest absolute Gasteiger partial charge is 0.101 e. The van der Waals surface area contributed by atoms with Crippen molar-refractivity contribution in [1.29, 1.82) is 5.26 Å². The second-order valence-corrected chi connectivity index (χ2v) is 4.23. The minimum atomic E-state index is 0.627. The van der Waals surface area contributed by atoms with Crippen LogP contribution < -0.4 is 4.90 Å². The molecule has 1 saturated carbocycles. The van der Waals surface area contributed by atoms with Crippen LogP contribution in [0.25, 0.3) is 0 Å². The fraction of sp³-hybridized carbons (Fsp3) is 0.417. The SMILES string of the molecule is CCN(c1ccc(Cl)cc1C#N)C1CC1. The summed E-state index contributed by atoms with van der Waals surface area (Å²) >= 11 is 5.87. The molecule has 1 aromatic carbocycles. The Morgan fingerprint density at radius 2 is 2.27 bits per heavy atom. The zero-order valence-electron chi connectivity index (χ0n) is 8.70. The molecule has 1 aliphatic carbocycles. The Labute approximate surface area is 95.1 Å². The van der Waals surface area contributed by atoms with E-state index in [9.17, 15) is 0 Å². The highest BCUT2D eigenvalue weighted by atomic mass is 35.5. The molecule has 0 saturated heterocycles. The fourth-order valence-corrected chi connectivity index (χ4v) is 2.03. The van der Waals surface area contributed by atoms with E-state index in [2.05, 4.69) is 17.9 Å². The van der Waals surface area contributed by atoms with Crippen molar-refractivity contribution in [3.05, 3.63) is 28.8 Å². The zero-order chi connectivity index (χ0) is 10.8. The van der Waals surface area contributed by atoms with E-state index in [0.29, 0.717) is 16.6 Å². The Morgan fingerprint density at radius 1 is 1.53 bits per heavy atom. The van der Waals surface area contributed by atoms with Crippen molar-refractivity contribution in [2.75, 3.05) is 11.4 Å². The molecule has 0 atom stereocenters. The molecule has 0 radical (unpaired) electrons. The lowest BCUT2D eigenvalue weighted by Crippen LogP contribution is -2.25. The number of anilines is 1. The third kappa shape index (κ3) is 2.08. The summed E-state index contributed by atoms with van der Waals surface area (Å²) in [5.74, 6) is 0. The van der Waals surface area contributed by atoms with E-state index in [1.165, 1.54) is 12.8 Å². The summed E-state index contributed by atoms with van der Waals surface area (Å²) in [5, 5.41) is 9.68. The van der Waals surface area contributed by atoms with E-state index in [0.717, 1.165) is 12.2 Å². The van der Waals surface area contributed by atoms with Gasteiger partial charge >= 0.3 is 0 Å². The lowest BCUT2D eigenvalue weighted by Gasteiger charge is -2.23. The van der Waals surface area contributed by atoms with Crippen molar-refractivity contribution in [2.24, 2.45) is 0 Å². The third-order valence-electron chi connectivity index (χ3n) is 2.72. The first-order valence-corrected chi connectivity index (χ1v) is 5.60. The van der Waals surface area contributed by atoms with E-state index in [1.807, 2.05) is 12.1 Å². The molecular weight excluding hydrogens is 208 g/mol. The van der Waals surface area contributed by atoms with Crippen molar-refractivity contribution in [3.63, 3.8) is 0 Å². The first-order valence-electron chi connectivity index (χ1n) is 5.22. The zero-order valence-corrected chi connectivity index (χ0v) is 9.46. The molecule has 0 spiro atoms. The predicted molar refractivity (Wildman–Crippen MR) is 62.2 cm³/mol. The normalized spacial score (nSPS) is 14.7. The van der Waals surface area contributed by atoms with E-state index in [-0.39, 0.29) is 0 Å². The summed E-state index contributed by atoms with van der Waals surface area (Å²) in [6.45, 7) is 3.06. The van der Waals surface area contributed by atoms with Crippen molar-refractivity contribution >= 4 is 17.3 Å². The van der Waals surface area contributed by atoms with Crippen LogP contribution in [-0.2, 0) is 0 Å². The van der Waals surface area contributed by atoms with Crippen LogP contribution in [0.4, 0.5) is 5.69 Å². The number of halogens is 1. The number of benzene rings is 1. The molecule has 0 N–H and O–H groups in total. The van der Waals surface area contributed by atoms with Crippen LogP contribution in [0.3, 0.4) is 0 Å². The van der Waals surface area contributed by atoms with Crippen molar-refractivity contribution < 1.29 is 0 Å². The van der Waals surface area contributed by atoms with Crippen LogP contribution in [0.2, 0.25) is 5.02 Å². The van der Waals surface area contributed by atoms with E-state index < -0.39 is 0 Å². The molecule has 3 heteroatoms. The quantitative estimate of drug-likeness (QED) is 0.782. The van der Waals surface area contributed by atoms with Crippen molar-refractivity contribution in [1.82, 2.24) is 0 Å². The fourth-order valence-electron chi connectivity index (χ4n) is 1.86. The summed E-state index contributed by atoms with van der Waals surface area (Å²) in [6, 6.07) is 8.37. The van der Waals surface area contributed by atoms with Gasteiger partial charge in [0.1, 0.15) is 6.07 Å². The summed E-state index contributed by atoms with van der Waals surface area (Å²) in [4.78, 5) is 2.29. The highest BCUT2D eigenvalue weighted by molar-refractivity contribution is 6.30. The standard InChI is InChI=1S/C12H13ClN2/c1-2-15(11-4-5-11)12-6-3-10(13)7-9(12)8-14/h3,6-7,11H,2,4-5H2,1H3. The first kappa shape index (κ1) is 10.3. The van der Waals surface area contributed by atoms with Gasteiger partial charge in [0.05, 0.1) is 11.3 Å². The summed E-state index contributed by atoms with van der Waals surface area (Å²) < 4.78 is 0. The number of hydrogen-bond acceptors (Lipinski definition) is 2. The molecule has 78 valence electrons. The number of hydrogen-bond donors (Lipinski definition) is 0. The number of nitriles is 1. The predicted octanol–water partition coefficient (Wildman–Crippen LogP) is 3.20. The van der Waals surface area contributed by atoms with E-state index in [1.54, 1.807) is 6.07 Å². The Morgan fingerprint density at radius 3 is 2.80 bits per heavy atom. The van der Waals surface area contributed by atoms with Crippen molar-refractivity contribution in [2.45, 2.75) is 25.8 Å². The summed E-state index contributed by atoms with van der Waals surface area (Å²) in [5.41, 5.74) is 1.70. The average Bonchev–Trinajstić information content (AvgIpc) is 3.05. The van der Waals surface area contributed by atoms with Gasteiger partial charge < -0.3 is 4.90 Å². The van der Waals surface area contributed by atoms with Gasteiger partial charge in [-0.3, -0.25) is 0 Å². The van der Waals surface area contributed by atoms with Crippen LogP contribution in [-0.4, -0.2) is 12.6 Å². The number of rotatable bonds is 3. The van der Waals surface area contributed by atoms with Gasteiger partial charge in [-0.2, -0.15) is 5.26 Å². The molecule has 0 aliphatic heterocycles. The van der Waals surface area contributed by atoms with Gasteiger partial charge in [-0.05, 0) is 38.0 Å². The Hall–Kier alpha value is -1.20. The minimum Gasteiger partial charge on any atom is -0.368 e. The van der Waals surface area contributed by atoms with Gasteiger partial charge in [0.25, 0.3) is 0 Å². The Balaban J connectivity index is 2.37. The lowest BCUT2D eigenvalue weighted by molar-refractivity contribution is 0.825. The van der Waals surface area contributed by atoms with E-state index >= 15 is 0 Å². The Kier molecular flexibility index (Phi) is 2.83. The van der Waals surface area contributed by atoms with Gasteiger partial charge in [-0.1, -0.05) is 11.6 Å². The lowest BCUT2D eigenvalue weighted by atomic mass is 10.1. The second-order valence-electron chi connectivity index (χ2n) is 3.79. The van der Waals surface area contributed by atoms with Crippen molar-refractivity contribution in [3.8, 4) is 6.07 Å². The van der Waals surface area contributed by atoms with E-state index in [4.69, 9.17) is 16.9 Å². The molecule has 0 bridgehead atoms. The average molecular weight is 221 g/mol. The van der Waals surface area contributed by atoms with Gasteiger partial charge in [-0.25, -0.2) is 0 Å². The monoisotopic (exact) mass is 220 g/mol. The Bertz CT molecular complexity index is 405. The van der Waals surface area contributed by atoms with Crippen LogP contribution in [0.5, 0.6) is 0 Å². The van der Waals surface area contributed by atoms with Gasteiger partial charge in [0, 0.05) is 17.6 Å². The highest BCUT2D eigenvalue weighted by Crippen LogP contribution is 2.34. The topological polar surface area (TPSA) is 27.0 Å². The molecule has 1 aromatic rings. The van der Waals surface area contributed by atoms with Crippen LogP contribution >= 0.6 is 11.6 Å². The maximum atomic E-state index is 9.05. The molecule has 1 fully saturated rings. The molecular formula is C12H13ClN2. The molecule has 0 aromatic heterocycles. The summed E-state index contributed by atoms with van der Waals surface area (Å²) in [7, 11) is 0. The summed E-state index contributed by atoms with van der Waals surface area (Å²) in [6.07, 6.45) is 2.47. The maximum Gasteiger partial charge on any atom is 0.101 e. The second kappa shape index (κ2) is 4.12. The number of nitrogens with zero attached hydrogens (tertiary/aromatic N) is 2. The molecule has 0 unspecified atom stereocenters. The van der Waals surface area contributed by atoms with Crippen LogP contribution in [0.1, 0.15) is 25.3 Å². The molecule has 1 aliphatic rings. The molecule has 0 amide bonds. The third-order valence-corrected chi connectivity index (χ3v) is 2.95. The highest BCUT2D eigenvalue weighted by Gasteiger charge is 2.29. The van der Waals surface area contributed by atoms with Gasteiger partial charge in [0.2, 0.25) is 0 Å². The largest absolute Gasteiger partial charge is 0.368 e. The molecule has 15 heavy (non-hydrogen) atoms. The van der Waals surface area contributed by atoms with Crippen LogP contribution in [0.15, 0.2) is 18.2 Å².